The van der Waals surface area contributed by atoms with Gasteiger partial charge in [0.15, 0.2) is 0 Å². The molecular weight excluding hydrogens is 466 g/mol. The normalized spacial score (nSPS) is 18.0. The first-order valence-electron chi connectivity index (χ1n) is 13.0. The van der Waals surface area contributed by atoms with Crippen LogP contribution in [-0.4, -0.2) is 77.1 Å². The Morgan fingerprint density at radius 1 is 1.35 bits per heavy atom. The highest BCUT2D eigenvalue weighted by molar-refractivity contribution is 5.93. The van der Waals surface area contributed by atoms with Gasteiger partial charge in [-0.25, -0.2) is 4.98 Å². The van der Waals surface area contributed by atoms with Crippen molar-refractivity contribution in [2.75, 3.05) is 45.2 Å². The molecule has 37 heavy (non-hydrogen) atoms. The van der Waals surface area contributed by atoms with Crippen molar-refractivity contribution in [1.82, 2.24) is 30.2 Å². The Bertz CT molecular complexity index is 1300. The minimum atomic E-state index is -0.234. The second kappa shape index (κ2) is 10.4. The van der Waals surface area contributed by atoms with Crippen molar-refractivity contribution in [3.8, 4) is 18.4 Å². The molecule has 0 aromatic carbocycles. The van der Waals surface area contributed by atoms with Gasteiger partial charge in [0.1, 0.15) is 23.8 Å². The van der Waals surface area contributed by atoms with Crippen LogP contribution in [0, 0.1) is 17.8 Å². The zero-order valence-corrected chi connectivity index (χ0v) is 21.8. The summed E-state index contributed by atoms with van der Waals surface area (Å²) in [5, 5.41) is 4.22. The van der Waals surface area contributed by atoms with Crippen molar-refractivity contribution in [2.45, 2.75) is 44.6 Å². The number of fused-ring (bicyclic) bond motifs is 1. The highest BCUT2D eigenvalue weighted by Crippen LogP contribution is 2.45. The van der Waals surface area contributed by atoms with Crippen molar-refractivity contribution in [1.29, 1.82) is 0 Å². The van der Waals surface area contributed by atoms with Crippen LogP contribution in [-0.2, 0) is 0 Å². The van der Waals surface area contributed by atoms with Crippen LogP contribution in [0.4, 0.5) is 5.82 Å². The lowest BCUT2D eigenvalue weighted by atomic mass is 9.89. The number of piperidine rings is 1. The third kappa shape index (κ3) is 5.70. The molecule has 1 aliphatic carbocycles. The fourth-order valence-electron chi connectivity index (χ4n) is 5.07. The number of H-pyrrole nitrogens is 1. The Labute approximate surface area is 218 Å². The molecule has 194 valence electrons. The number of rotatable bonds is 9. The van der Waals surface area contributed by atoms with Crippen LogP contribution in [0.3, 0.4) is 0 Å². The number of terminal acetylenes is 1. The van der Waals surface area contributed by atoms with E-state index in [2.05, 4.69) is 48.3 Å². The van der Waals surface area contributed by atoms with Crippen LogP contribution < -0.4 is 15.0 Å². The number of anilines is 1. The minimum Gasteiger partial charge on any atom is -0.462 e. The van der Waals surface area contributed by atoms with Crippen LogP contribution in [0.1, 0.15) is 54.6 Å². The average Bonchev–Trinajstić information content (AvgIpc) is 3.56. The first-order valence-corrected chi connectivity index (χ1v) is 13.0. The molecule has 3 aromatic heterocycles. The van der Waals surface area contributed by atoms with Gasteiger partial charge in [-0.1, -0.05) is 5.92 Å². The molecule has 0 bridgehead atoms. The Morgan fingerprint density at radius 3 is 2.84 bits per heavy atom. The molecule has 5 rings (SSSR count). The molecule has 4 heterocycles. The zero-order valence-electron chi connectivity index (χ0n) is 21.8. The predicted molar refractivity (Wildman–Crippen MR) is 144 cm³/mol. The van der Waals surface area contributed by atoms with Gasteiger partial charge in [-0.2, -0.15) is 9.97 Å². The van der Waals surface area contributed by atoms with E-state index in [9.17, 15) is 4.79 Å². The van der Waals surface area contributed by atoms with Gasteiger partial charge < -0.3 is 24.8 Å². The molecule has 9 nitrogen and oxygen atoms in total. The fourth-order valence-corrected chi connectivity index (χ4v) is 5.07. The number of nitrogens with one attached hydrogen (secondary N) is 2. The number of amides is 1. The van der Waals surface area contributed by atoms with E-state index >= 15 is 0 Å². The molecular formula is C28H35N7O2. The first-order chi connectivity index (χ1) is 17.9. The smallest absolute Gasteiger partial charge is 0.319 e. The predicted octanol–water partition coefficient (Wildman–Crippen LogP) is 3.21. The van der Waals surface area contributed by atoms with E-state index in [0.717, 1.165) is 51.0 Å². The van der Waals surface area contributed by atoms with Crippen molar-refractivity contribution in [2.24, 2.45) is 5.41 Å². The Hall–Kier alpha value is -3.64. The van der Waals surface area contributed by atoms with Gasteiger partial charge in [-0.3, -0.25) is 4.79 Å². The highest BCUT2D eigenvalue weighted by atomic mass is 16.5. The molecule has 0 spiro atoms. The topological polar surface area (TPSA) is 99.3 Å². The summed E-state index contributed by atoms with van der Waals surface area (Å²) in [6, 6.07) is 6.06. The number of pyridine rings is 1. The van der Waals surface area contributed by atoms with Gasteiger partial charge in [0.2, 0.25) is 0 Å². The third-order valence-corrected chi connectivity index (χ3v) is 7.32. The Kier molecular flexibility index (Phi) is 7.02. The van der Waals surface area contributed by atoms with Crippen LogP contribution >= 0.6 is 0 Å². The number of carbonyl (C=O) groups excluding carboxylic acids is 1. The molecule has 1 aliphatic heterocycles. The number of nitrogens with zero attached hydrogens (tertiary/aromatic N) is 5. The number of carbonyl (C=O) groups is 1. The SMILES string of the molecule is C#CC1(COc2nc(C(=O)N[C@H](C)CN(C)C)cc(N3CCC(c4c[nH]c5ncccc45)CC3)n2)CC1. The molecule has 2 aliphatic rings. The molecule has 1 atom stereocenters. The van der Waals surface area contributed by atoms with Crippen LogP contribution in [0.5, 0.6) is 6.01 Å². The maximum atomic E-state index is 13.1. The van der Waals surface area contributed by atoms with Gasteiger partial charge in [-0.05, 0) is 70.3 Å². The van der Waals surface area contributed by atoms with Gasteiger partial charge in [0.25, 0.3) is 5.91 Å². The van der Waals surface area contributed by atoms with E-state index < -0.39 is 0 Å². The molecule has 1 amide bonds. The molecule has 3 aromatic rings. The Morgan fingerprint density at radius 2 is 2.14 bits per heavy atom. The molecule has 0 radical (unpaired) electrons. The zero-order chi connectivity index (χ0) is 26.0. The lowest BCUT2D eigenvalue weighted by Gasteiger charge is -2.33. The summed E-state index contributed by atoms with van der Waals surface area (Å²) in [7, 11) is 3.96. The highest BCUT2D eigenvalue weighted by Gasteiger charge is 2.42. The van der Waals surface area contributed by atoms with Gasteiger partial charge >= 0.3 is 6.01 Å². The lowest BCUT2D eigenvalue weighted by Crippen LogP contribution is -2.40. The van der Waals surface area contributed by atoms with Crippen molar-refractivity contribution in [3.05, 3.63) is 41.9 Å². The van der Waals surface area contributed by atoms with Crippen molar-refractivity contribution < 1.29 is 9.53 Å². The summed E-state index contributed by atoms with van der Waals surface area (Å²) in [6.07, 6.45) is 13.4. The second-order valence-corrected chi connectivity index (χ2v) is 10.6. The number of ether oxygens (including phenoxy) is 1. The van der Waals surface area contributed by atoms with Crippen molar-refractivity contribution >= 4 is 22.8 Å². The molecule has 1 saturated heterocycles. The lowest BCUT2D eigenvalue weighted by molar-refractivity contribution is 0.0927. The number of hydrogen-bond donors (Lipinski definition) is 2. The maximum Gasteiger partial charge on any atom is 0.319 e. The maximum absolute atomic E-state index is 13.1. The van der Waals surface area contributed by atoms with E-state index in [0.29, 0.717) is 24.0 Å². The number of aromatic amines is 1. The van der Waals surface area contributed by atoms with E-state index in [-0.39, 0.29) is 23.4 Å². The summed E-state index contributed by atoms with van der Waals surface area (Å²) >= 11 is 0. The fraction of sp³-hybridized carbons (Fsp3) is 0.500. The standard InChI is InChI=1S/C28H35N7O2/c1-5-28(10-11-28)18-37-27-32-23(26(36)31-19(2)17-34(3)4)15-24(33-27)35-13-8-20(9-14-35)22-16-30-25-21(22)7-6-12-29-25/h1,6-7,12,15-16,19-20H,8-11,13-14,17-18H2,2-4H3,(H,29,30)(H,31,36)/t19-/m1/s1. The largest absolute Gasteiger partial charge is 0.462 e. The molecule has 1 saturated carbocycles. The average molecular weight is 502 g/mol. The Balaban J connectivity index is 1.33. The van der Waals surface area contributed by atoms with E-state index in [1.807, 2.05) is 38.2 Å². The first kappa shape index (κ1) is 25.0. The van der Waals surface area contributed by atoms with E-state index in [4.69, 9.17) is 11.2 Å². The summed E-state index contributed by atoms with van der Waals surface area (Å²) in [5.41, 5.74) is 2.32. The number of aromatic nitrogens is 4. The van der Waals surface area contributed by atoms with Gasteiger partial charge in [0.05, 0.1) is 5.41 Å². The monoisotopic (exact) mass is 501 g/mol. The molecule has 9 heteroatoms. The van der Waals surface area contributed by atoms with Crippen LogP contribution in [0.2, 0.25) is 0 Å². The molecule has 2 N–H and O–H groups in total. The van der Waals surface area contributed by atoms with Gasteiger partial charge in [-0.15, -0.1) is 6.42 Å². The van der Waals surface area contributed by atoms with E-state index in [1.165, 1.54) is 10.9 Å². The number of likely N-dealkylation sites (N-methyl/N-ethyl adjacent to an activating group) is 1. The second-order valence-electron chi connectivity index (χ2n) is 10.6. The third-order valence-electron chi connectivity index (χ3n) is 7.32. The molecule has 0 unspecified atom stereocenters. The van der Waals surface area contributed by atoms with E-state index in [1.54, 1.807) is 6.07 Å². The van der Waals surface area contributed by atoms with Crippen LogP contribution in [0.15, 0.2) is 30.6 Å². The summed E-state index contributed by atoms with van der Waals surface area (Å²) in [5.74, 6) is 3.74. The van der Waals surface area contributed by atoms with Crippen LogP contribution in [0.25, 0.3) is 11.0 Å². The minimum absolute atomic E-state index is 0.0251. The van der Waals surface area contributed by atoms with Gasteiger partial charge in [0, 0.05) is 49.5 Å². The van der Waals surface area contributed by atoms with Crippen molar-refractivity contribution in [3.63, 3.8) is 0 Å². The summed E-state index contributed by atoms with van der Waals surface area (Å²) in [6.45, 7) is 4.71. The summed E-state index contributed by atoms with van der Waals surface area (Å²) < 4.78 is 5.95. The quantitative estimate of drug-likeness (QED) is 0.435. The summed E-state index contributed by atoms with van der Waals surface area (Å²) in [4.78, 5) is 34.2. The number of hydrogen-bond acceptors (Lipinski definition) is 7. The molecule has 2 fully saturated rings.